The molecule has 1 rings (SSSR count). The summed E-state index contributed by atoms with van der Waals surface area (Å²) in [6, 6.07) is 4.42. The van der Waals surface area contributed by atoms with Crippen LogP contribution in [0.3, 0.4) is 0 Å². The van der Waals surface area contributed by atoms with E-state index in [2.05, 4.69) is 5.32 Å². The van der Waals surface area contributed by atoms with E-state index in [4.69, 9.17) is 9.47 Å². The molecular formula is C15H23N3O5. The van der Waals surface area contributed by atoms with Crippen LogP contribution in [-0.4, -0.2) is 56.7 Å². The van der Waals surface area contributed by atoms with Gasteiger partial charge in [0.2, 0.25) is 5.91 Å². The van der Waals surface area contributed by atoms with E-state index in [1.54, 1.807) is 25.1 Å². The Balaban J connectivity index is 2.58. The molecule has 1 amide bonds. The van der Waals surface area contributed by atoms with Gasteiger partial charge in [0, 0.05) is 44.5 Å². The summed E-state index contributed by atoms with van der Waals surface area (Å²) in [7, 11) is 4.89. The van der Waals surface area contributed by atoms with Gasteiger partial charge in [-0.3, -0.25) is 19.8 Å². The van der Waals surface area contributed by atoms with Crippen LogP contribution in [0.15, 0.2) is 18.2 Å². The van der Waals surface area contributed by atoms with Crippen molar-refractivity contribution in [3.05, 3.63) is 33.9 Å². The van der Waals surface area contributed by atoms with Crippen LogP contribution in [0.5, 0.6) is 5.75 Å². The maximum atomic E-state index is 11.8. The lowest BCUT2D eigenvalue weighted by atomic mass is 10.1. The third-order valence-electron chi connectivity index (χ3n) is 3.18. The number of carbonyl (C=O) groups is 1. The van der Waals surface area contributed by atoms with Crippen LogP contribution in [0.2, 0.25) is 0 Å². The second-order valence-corrected chi connectivity index (χ2v) is 5.12. The molecule has 1 aromatic rings. The molecule has 128 valence electrons. The fraction of sp³-hybridized carbons (Fsp3) is 0.533. The molecule has 0 aliphatic rings. The number of nitro groups is 1. The number of amides is 1. The second kappa shape index (κ2) is 9.75. The molecule has 8 nitrogen and oxygen atoms in total. The summed E-state index contributed by atoms with van der Waals surface area (Å²) in [4.78, 5) is 24.0. The third kappa shape index (κ3) is 6.62. The minimum absolute atomic E-state index is 0.00165. The Bertz CT molecular complexity index is 536. The molecular weight excluding hydrogens is 302 g/mol. The summed E-state index contributed by atoms with van der Waals surface area (Å²) in [5.41, 5.74) is 0.662. The SMILES string of the molecule is COCCCNC(=O)CN(C)Cc1cc([N+](=O)[O-])ccc1OC. The highest BCUT2D eigenvalue weighted by atomic mass is 16.6. The number of nitro benzene ring substituents is 1. The average molecular weight is 325 g/mol. The molecule has 1 N–H and O–H groups in total. The van der Waals surface area contributed by atoms with Crippen LogP contribution in [0.1, 0.15) is 12.0 Å². The lowest BCUT2D eigenvalue weighted by Gasteiger charge is -2.18. The molecule has 8 heteroatoms. The summed E-state index contributed by atoms with van der Waals surface area (Å²) >= 11 is 0. The van der Waals surface area contributed by atoms with Crippen molar-refractivity contribution in [1.29, 1.82) is 0 Å². The minimum Gasteiger partial charge on any atom is -0.496 e. The molecule has 0 radical (unpaired) electrons. The fourth-order valence-corrected chi connectivity index (χ4v) is 2.09. The first-order chi connectivity index (χ1) is 11.0. The number of hydrogen-bond acceptors (Lipinski definition) is 6. The van der Waals surface area contributed by atoms with Crippen LogP contribution >= 0.6 is 0 Å². The summed E-state index contributed by atoms with van der Waals surface area (Å²) in [6.07, 6.45) is 0.755. The van der Waals surface area contributed by atoms with Gasteiger partial charge in [0.1, 0.15) is 5.75 Å². The lowest BCUT2D eigenvalue weighted by molar-refractivity contribution is -0.384. The third-order valence-corrected chi connectivity index (χ3v) is 3.18. The van der Waals surface area contributed by atoms with Crippen LogP contribution in [0.4, 0.5) is 5.69 Å². The number of hydrogen-bond donors (Lipinski definition) is 1. The van der Waals surface area contributed by atoms with Gasteiger partial charge in [-0.05, 0) is 19.5 Å². The molecule has 0 bridgehead atoms. The molecule has 23 heavy (non-hydrogen) atoms. The fourth-order valence-electron chi connectivity index (χ4n) is 2.09. The predicted octanol–water partition coefficient (Wildman–Crippen LogP) is 1.19. The van der Waals surface area contributed by atoms with Crippen molar-refractivity contribution in [3.63, 3.8) is 0 Å². The highest BCUT2D eigenvalue weighted by Gasteiger charge is 2.14. The smallest absolute Gasteiger partial charge is 0.270 e. The Morgan fingerprint density at radius 1 is 1.39 bits per heavy atom. The predicted molar refractivity (Wildman–Crippen MR) is 85.5 cm³/mol. The quantitative estimate of drug-likeness (QED) is 0.394. The van der Waals surface area contributed by atoms with Gasteiger partial charge in [0.25, 0.3) is 5.69 Å². The number of methoxy groups -OCH3 is 2. The molecule has 0 saturated heterocycles. The highest BCUT2D eigenvalue weighted by Crippen LogP contribution is 2.24. The zero-order valence-corrected chi connectivity index (χ0v) is 13.7. The van der Waals surface area contributed by atoms with Gasteiger partial charge in [-0.1, -0.05) is 0 Å². The summed E-state index contributed by atoms with van der Waals surface area (Å²) in [5.74, 6) is 0.455. The molecule has 0 spiro atoms. The van der Waals surface area contributed by atoms with Crippen molar-refractivity contribution in [2.45, 2.75) is 13.0 Å². The zero-order chi connectivity index (χ0) is 17.2. The van der Waals surface area contributed by atoms with Crippen LogP contribution in [0.25, 0.3) is 0 Å². The van der Waals surface area contributed by atoms with Crippen molar-refractivity contribution >= 4 is 11.6 Å². The second-order valence-electron chi connectivity index (χ2n) is 5.12. The standard InChI is InChI=1S/C15H23N3O5/c1-17(11-15(19)16-7-4-8-22-2)10-12-9-13(18(20)21)5-6-14(12)23-3/h5-6,9H,4,7-8,10-11H2,1-3H3,(H,16,19). The molecule has 0 aliphatic carbocycles. The van der Waals surface area contributed by atoms with E-state index in [9.17, 15) is 14.9 Å². The number of rotatable bonds is 10. The minimum atomic E-state index is -0.453. The van der Waals surface area contributed by atoms with Gasteiger partial charge in [-0.25, -0.2) is 0 Å². The topological polar surface area (TPSA) is 93.9 Å². The zero-order valence-electron chi connectivity index (χ0n) is 13.7. The van der Waals surface area contributed by atoms with E-state index in [1.165, 1.54) is 19.2 Å². The average Bonchev–Trinajstić information content (AvgIpc) is 2.51. The maximum Gasteiger partial charge on any atom is 0.270 e. The number of nitrogens with zero attached hydrogens (tertiary/aromatic N) is 2. The van der Waals surface area contributed by atoms with E-state index >= 15 is 0 Å². The summed E-state index contributed by atoms with van der Waals surface area (Å²) in [6.45, 7) is 1.72. The number of carbonyl (C=O) groups excluding carboxylic acids is 1. The Morgan fingerprint density at radius 2 is 2.13 bits per heavy atom. The number of non-ortho nitro benzene ring substituents is 1. The van der Waals surface area contributed by atoms with Crippen LogP contribution < -0.4 is 10.1 Å². The summed E-state index contributed by atoms with van der Waals surface area (Å²) < 4.78 is 10.1. The number of likely N-dealkylation sites (N-methyl/N-ethyl adjacent to an activating group) is 1. The molecule has 0 heterocycles. The molecule has 0 fully saturated rings. The molecule has 0 unspecified atom stereocenters. The van der Waals surface area contributed by atoms with Gasteiger partial charge in [0.05, 0.1) is 18.6 Å². The Kier molecular flexibility index (Phi) is 8.00. The van der Waals surface area contributed by atoms with E-state index in [-0.39, 0.29) is 18.1 Å². The first kappa shape index (κ1) is 18.9. The Labute approximate surface area is 135 Å². The molecule has 1 aromatic carbocycles. The van der Waals surface area contributed by atoms with Gasteiger partial charge in [0.15, 0.2) is 0 Å². The molecule has 0 atom stereocenters. The highest BCUT2D eigenvalue weighted by molar-refractivity contribution is 5.77. The van der Waals surface area contributed by atoms with Gasteiger partial charge in [-0.15, -0.1) is 0 Å². The van der Waals surface area contributed by atoms with Gasteiger partial charge in [-0.2, -0.15) is 0 Å². The van der Waals surface area contributed by atoms with E-state index in [0.717, 1.165) is 6.42 Å². The normalized spacial score (nSPS) is 10.6. The maximum absolute atomic E-state index is 11.8. The lowest BCUT2D eigenvalue weighted by Crippen LogP contribution is -2.35. The van der Waals surface area contributed by atoms with Crippen molar-refractivity contribution in [2.24, 2.45) is 0 Å². The van der Waals surface area contributed by atoms with Crippen molar-refractivity contribution < 1.29 is 19.2 Å². The Hall–Kier alpha value is -2.19. The monoisotopic (exact) mass is 325 g/mol. The van der Waals surface area contributed by atoms with Crippen LogP contribution in [0, 0.1) is 10.1 Å². The first-order valence-corrected chi connectivity index (χ1v) is 7.23. The van der Waals surface area contributed by atoms with Crippen molar-refractivity contribution in [2.75, 3.05) is 41.0 Å². The first-order valence-electron chi connectivity index (χ1n) is 7.23. The van der Waals surface area contributed by atoms with Crippen molar-refractivity contribution in [1.82, 2.24) is 10.2 Å². The largest absolute Gasteiger partial charge is 0.496 e. The number of nitrogens with one attached hydrogen (secondary N) is 1. The van der Waals surface area contributed by atoms with E-state index in [0.29, 0.717) is 31.0 Å². The van der Waals surface area contributed by atoms with Gasteiger partial charge >= 0.3 is 0 Å². The number of benzene rings is 1. The van der Waals surface area contributed by atoms with Crippen molar-refractivity contribution in [3.8, 4) is 5.75 Å². The molecule has 0 saturated carbocycles. The molecule has 0 aliphatic heterocycles. The Morgan fingerprint density at radius 3 is 2.74 bits per heavy atom. The number of ether oxygens (including phenoxy) is 2. The van der Waals surface area contributed by atoms with Crippen LogP contribution in [-0.2, 0) is 16.1 Å². The summed E-state index contributed by atoms with van der Waals surface area (Å²) in [5, 5.41) is 13.7. The van der Waals surface area contributed by atoms with E-state index in [1.807, 2.05) is 0 Å². The van der Waals surface area contributed by atoms with Gasteiger partial charge < -0.3 is 14.8 Å². The van der Waals surface area contributed by atoms with E-state index < -0.39 is 4.92 Å². The molecule has 0 aromatic heterocycles.